The van der Waals surface area contributed by atoms with Gasteiger partial charge in [0.05, 0.1) is 26.1 Å². The maximum Gasteiger partial charge on any atom is 0.332 e. The Balaban J connectivity index is 2.06. The average molecular weight is 399 g/mol. The molecule has 0 unspecified atom stereocenters. The number of fused-ring (bicyclic) bond motifs is 1. The Morgan fingerprint density at radius 2 is 1.76 bits per heavy atom. The topological polar surface area (TPSA) is 104 Å². The van der Waals surface area contributed by atoms with Crippen molar-refractivity contribution in [3.63, 3.8) is 0 Å². The number of aromatic nitrogens is 4. The summed E-state index contributed by atoms with van der Waals surface area (Å²) in [5.74, 6) is 1.56. The zero-order valence-corrected chi connectivity index (χ0v) is 17.1. The molecule has 9 nitrogen and oxygen atoms in total. The molecule has 2 aromatic heterocycles. The van der Waals surface area contributed by atoms with Crippen LogP contribution in [0.3, 0.4) is 0 Å². The Labute approximate surface area is 167 Å². The van der Waals surface area contributed by atoms with Gasteiger partial charge in [-0.05, 0) is 25.0 Å². The molecule has 0 bridgehead atoms. The number of hydrogen-bond donors (Lipinski definition) is 1. The first kappa shape index (κ1) is 20.4. The second kappa shape index (κ2) is 8.76. The van der Waals surface area contributed by atoms with E-state index in [1.165, 1.54) is 15.3 Å². The third-order valence-corrected chi connectivity index (χ3v) is 4.48. The fraction of sp³-hybridized carbons (Fsp3) is 0.400. The molecule has 0 fully saturated rings. The number of aromatic amines is 1. The summed E-state index contributed by atoms with van der Waals surface area (Å²) in [4.78, 5) is 37.3. The smallest absolute Gasteiger partial charge is 0.332 e. The molecule has 0 radical (unpaired) electrons. The van der Waals surface area contributed by atoms with Crippen LogP contribution >= 0.6 is 0 Å². The van der Waals surface area contributed by atoms with Crippen LogP contribution in [0.4, 0.5) is 5.69 Å². The van der Waals surface area contributed by atoms with E-state index in [2.05, 4.69) is 15.0 Å². The molecule has 2 heterocycles. The number of ether oxygens (including phenoxy) is 2. The van der Waals surface area contributed by atoms with Crippen molar-refractivity contribution in [3.8, 4) is 11.5 Å². The maximum atomic E-state index is 12.7. The molecular formula is C20H25N5O4. The predicted octanol–water partition coefficient (Wildman–Crippen LogP) is 2.47. The van der Waals surface area contributed by atoms with E-state index >= 15 is 0 Å². The standard InChI is InChI=1S/C20H25N5O4/c1-5-9-24-18-17(19(26)25(10-6-2)20(24)27)22-16(23-18)12-21-13-7-8-14(28-3)15(11-13)29-4/h7-8,11-12H,5-6,9-10H2,1-4H3,(H,22,23). The molecule has 29 heavy (non-hydrogen) atoms. The molecule has 0 aliphatic heterocycles. The normalized spacial score (nSPS) is 11.4. The molecule has 0 amide bonds. The van der Waals surface area contributed by atoms with Gasteiger partial charge in [0.1, 0.15) is 5.52 Å². The van der Waals surface area contributed by atoms with Gasteiger partial charge in [0.25, 0.3) is 5.56 Å². The maximum absolute atomic E-state index is 12.7. The minimum absolute atomic E-state index is 0.306. The third kappa shape index (κ3) is 3.94. The van der Waals surface area contributed by atoms with Crippen molar-refractivity contribution in [2.75, 3.05) is 14.2 Å². The SMILES string of the molecule is CCCn1c(=O)c2[nH]c(C=Nc3ccc(OC)c(OC)c3)nc2n(CCC)c1=O. The van der Waals surface area contributed by atoms with Crippen LogP contribution in [-0.2, 0) is 13.1 Å². The van der Waals surface area contributed by atoms with E-state index in [9.17, 15) is 9.59 Å². The molecule has 0 aliphatic carbocycles. The lowest BCUT2D eigenvalue weighted by molar-refractivity contribution is 0.355. The van der Waals surface area contributed by atoms with Crippen molar-refractivity contribution in [1.29, 1.82) is 0 Å². The average Bonchev–Trinajstić information content (AvgIpc) is 3.16. The predicted molar refractivity (Wildman–Crippen MR) is 112 cm³/mol. The van der Waals surface area contributed by atoms with Gasteiger partial charge in [0, 0.05) is 19.2 Å². The van der Waals surface area contributed by atoms with Crippen molar-refractivity contribution in [2.45, 2.75) is 39.8 Å². The van der Waals surface area contributed by atoms with Crippen LogP contribution < -0.4 is 20.7 Å². The summed E-state index contributed by atoms with van der Waals surface area (Å²) in [6.07, 6.45) is 2.96. The number of H-pyrrole nitrogens is 1. The lowest BCUT2D eigenvalue weighted by Gasteiger charge is -2.09. The molecule has 0 spiro atoms. The van der Waals surface area contributed by atoms with Crippen LogP contribution in [0.25, 0.3) is 11.2 Å². The molecule has 0 saturated carbocycles. The lowest BCUT2D eigenvalue weighted by Crippen LogP contribution is -2.40. The molecule has 0 saturated heterocycles. The highest BCUT2D eigenvalue weighted by Gasteiger charge is 2.16. The van der Waals surface area contributed by atoms with E-state index in [1.807, 2.05) is 13.8 Å². The summed E-state index contributed by atoms with van der Waals surface area (Å²) in [6.45, 7) is 4.75. The lowest BCUT2D eigenvalue weighted by atomic mass is 10.3. The molecular weight excluding hydrogens is 374 g/mol. The Morgan fingerprint density at radius 3 is 2.41 bits per heavy atom. The van der Waals surface area contributed by atoms with Gasteiger partial charge in [-0.15, -0.1) is 0 Å². The van der Waals surface area contributed by atoms with Crippen LogP contribution in [-0.4, -0.2) is 39.5 Å². The number of hydrogen-bond acceptors (Lipinski definition) is 6. The third-order valence-electron chi connectivity index (χ3n) is 4.48. The molecule has 1 aromatic carbocycles. The van der Waals surface area contributed by atoms with Gasteiger partial charge in [0.2, 0.25) is 0 Å². The fourth-order valence-corrected chi connectivity index (χ4v) is 3.13. The molecule has 1 N–H and O–H groups in total. The number of aliphatic imine (C=N–C) groups is 1. The fourth-order valence-electron chi connectivity index (χ4n) is 3.13. The van der Waals surface area contributed by atoms with E-state index in [4.69, 9.17) is 9.47 Å². The molecule has 0 aliphatic rings. The van der Waals surface area contributed by atoms with Gasteiger partial charge in [-0.3, -0.25) is 18.9 Å². The first-order valence-electron chi connectivity index (χ1n) is 9.53. The first-order valence-corrected chi connectivity index (χ1v) is 9.53. The van der Waals surface area contributed by atoms with E-state index in [1.54, 1.807) is 32.4 Å². The monoisotopic (exact) mass is 399 g/mol. The summed E-state index contributed by atoms with van der Waals surface area (Å²) in [5, 5.41) is 0. The van der Waals surface area contributed by atoms with Crippen LogP contribution in [0.5, 0.6) is 11.5 Å². The van der Waals surface area contributed by atoms with Gasteiger partial charge in [-0.2, -0.15) is 0 Å². The van der Waals surface area contributed by atoms with Crippen molar-refractivity contribution in [3.05, 3.63) is 44.9 Å². The zero-order chi connectivity index (χ0) is 21.0. The van der Waals surface area contributed by atoms with Crippen LogP contribution in [0.15, 0.2) is 32.8 Å². The Bertz CT molecular complexity index is 1160. The van der Waals surface area contributed by atoms with Crippen molar-refractivity contribution in [1.82, 2.24) is 19.1 Å². The Hall–Kier alpha value is -3.36. The Kier molecular flexibility index (Phi) is 6.16. The summed E-state index contributed by atoms with van der Waals surface area (Å²) < 4.78 is 13.3. The summed E-state index contributed by atoms with van der Waals surface area (Å²) in [7, 11) is 3.12. The van der Waals surface area contributed by atoms with Crippen molar-refractivity contribution >= 4 is 23.1 Å². The Morgan fingerprint density at radius 1 is 1.07 bits per heavy atom. The number of rotatable bonds is 8. The number of nitrogens with one attached hydrogen (secondary N) is 1. The highest BCUT2D eigenvalue weighted by Crippen LogP contribution is 2.30. The highest BCUT2D eigenvalue weighted by molar-refractivity contribution is 5.83. The summed E-state index contributed by atoms with van der Waals surface area (Å²) in [6, 6.07) is 5.27. The van der Waals surface area contributed by atoms with E-state index in [0.717, 1.165) is 6.42 Å². The number of methoxy groups -OCH3 is 2. The summed E-state index contributed by atoms with van der Waals surface area (Å²) in [5.41, 5.74) is 0.597. The van der Waals surface area contributed by atoms with E-state index in [-0.39, 0.29) is 11.2 Å². The first-order chi connectivity index (χ1) is 14.0. The number of nitrogens with zero attached hydrogens (tertiary/aromatic N) is 4. The highest BCUT2D eigenvalue weighted by atomic mass is 16.5. The molecule has 0 atom stereocenters. The van der Waals surface area contributed by atoms with Gasteiger partial charge in [0.15, 0.2) is 23.0 Å². The van der Waals surface area contributed by atoms with Gasteiger partial charge in [-0.1, -0.05) is 13.8 Å². The second-order valence-electron chi connectivity index (χ2n) is 6.51. The minimum Gasteiger partial charge on any atom is -0.493 e. The molecule has 154 valence electrons. The molecule has 3 rings (SSSR count). The summed E-state index contributed by atoms with van der Waals surface area (Å²) >= 11 is 0. The van der Waals surface area contributed by atoms with E-state index in [0.29, 0.717) is 53.7 Å². The van der Waals surface area contributed by atoms with Crippen molar-refractivity contribution in [2.24, 2.45) is 4.99 Å². The van der Waals surface area contributed by atoms with Crippen LogP contribution in [0, 0.1) is 0 Å². The largest absolute Gasteiger partial charge is 0.493 e. The van der Waals surface area contributed by atoms with Gasteiger partial charge < -0.3 is 14.5 Å². The quantitative estimate of drug-likeness (QED) is 0.586. The van der Waals surface area contributed by atoms with E-state index < -0.39 is 0 Å². The number of aryl methyl sites for hydroxylation is 1. The second-order valence-corrected chi connectivity index (χ2v) is 6.51. The number of benzene rings is 1. The van der Waals surface area contributed by atoms with Gasteiger partial charge >= 0.3 is 5.69 Å². The molecule has 9 heteroatoms. The molecule has 3 aromatic rings. The van der Waals surface area contributed by atoms with Crippen LogP contribution in [0.2, 0.25) is 0 Å². The van der Waals surface area contributed by atoms with Crippen molar-refractivity contribution < 1.29 is 9.47 Å². The van der Waals surface area contributed by atoms with Gasteiger partial charge in [-0.25, -0.2) is 9.78 Å². The zero-order valence-electron chi connectivity index (χ0n) is 17.1. The minimum atomic E-state index is -0.363. The number of imidazole rings is 1. The van der Waals surface area contributed by atoms with Crippen LogP contribution in [0.1, 0.15) is 32.5 Å².